The first-order valence-electron chi connectivity index (χ1n) is 10.5. The maximum absolute atomic E-state index is 13.3. The van der Waals surface area contributed by atoms with E-state index in [0.29, 0.717) is 32.7 Å². The lowest BCUT2D eigenvalue weighted by molar-refractivity contribution is 0.0997. The van der Waals surface area contributed by atoms with Crippen LogP contribution in [0.2, 0.25) is 0 Å². The van der Waals surface area contributed by atoms with Crippen molar-refractivity contribution in [1.29, 1.82) is 0 Å². The Morgan fingerprint density at radius 1 is 1.23 bits per heavy atom. The molecule has 1 unspecified atom stereocenters. The highest BCUT2D eigenvalue weighted by Gasteiger charge is 2.29. The van der Waals surface area contributed by atoms with Gasteiger partial charge in [-0.2, -0.15) is 4.31 Å². The Balaban J connectivity index is 1.84. The zero-order valence-electron chi connectivity index (χ0n) is 18.4. The van der Waals surface area contributed by atoms with Crippen molar-refractivity contribution in [3.8, 4) is 0 Å². The number of hydrogen-bond acceptors (Lipinski definition) is 5. The van der Waals surface area contributed by atoms with Crippen molar-refractivity contribution in [2.75, 3.05) is 19.8 Å². The van der Waals surface area contributed by atoms with Crippen molar-refractivity contribution in [3.05, 3.63) is 66.8 Å². The van der Waals surface area contributed by atoms with Crippen LogP contribution in [0.1, 0.15) is 31.7 Å². The average Bonchev–Trinajstić information content (AvgIpc) is 3.08. The molecule has 7 nitrogen and oxygen atoms in total. The van der Waals surface area contributed by atoms with Crippen molar-refractivity contribution in [3.63, 3.8) is 0 Å². The first-order chi connectivity index (χ1) is 14.9. The molecule has 1 aromatic carbocycles. The summed E-state index contributed by atoms with van der Waals surface area (Å²) in [5.41, 5.74) is 2.85. The van der Waals surface area contributed by atoms with Gasteiger partial charge in [0, 0.05) is 25.9 Å². The zero-order valence-corrected chi connectivity index (χ0v) is 19.2. The molecule has 1 atom stereocenters. The van der Waals surface area contributed by atoms with E-state index in [1.165, 1.54) is 4.31 Å². The molecule has 2 heterocycles. The van der Waals surface area contributed by atoms with Gasteiger partial charge in [-0.05, 0) is 44.0 Å². The summed E-state index contributed by atoms with van der Waals surface area (Å²) in [5.74, 6) is 0.889. The Bertz CT molecular complexity index is 1120. The molecule has 0 saturated heterocycles. The summed E-state index contributed by atoms with van der Waals surface area (Å²) in [4.78, 5) is 8.94. The normalized spacial score (nSPS) is 13.0. The average molecular weight is 443 g/mol. The van der Waals surface area contributed by atoms with Gasteiger partial charge in [0.15, 0.2) is 0 Å². The van der Waals surface area contributed by atoms with Gasteiger partial charge in [0.1, 0.15) is 11.3 Å². The van der Waals surface area contributed by atoms with Crippen molar-refractivity contribution in [2.24, 2.45) is 0 Å². The van der Waals surface area contributed by atoms with Gasteiger partial charge in [0.2, 0.25) is 10.0 Å². The monoisotopic (exact) mass is 442 g/mol. The van der Waals surface area contributed by atoms with Crippen LogP contribution in [0.3, 0.4) is 0 Å². The second-order valence-corrected chi connectivity index (χ2v) is 9.19. The summed E-state index contributed by atoms with van der Waals surface area (Å²) in [6, 6.07) is 8.73. The standard InChI is InChI=1S/C23H30N4O3S/c1-5-8-20(17-30-7-3)27(6-2)31(28,29)21-11-9-19(10-12-21)16-26-18(4)25-22-15-24-14-13-23(22)26/h5,9-15,20H,1,6-8,16-17H2,2-4H3. The van der Waals surface area contributed by atoms with Gasteiger partial charge in [-0.3, -0.25) is 4.98 Å². The molecule has 0 bridgehead atoms. The minimum absolute atomic E-state index is 0.277. The summed E-state index contributed by atoms with van der Waals surface area (Å²) in [6.45, 7) is 11.3. The number of aromatic nitrogens is 3. The third-order valence-electron chi connectivity index (χ3n) is 5.28. The Labute approximate surface area is 184 Å². The Hall–Kier alpha value is -2.55. The van der Waals surface area contributed by atoms with Gasteiger partial charge in [0.25, 0.3) is 0 Å². The van der Waals surface area contributed by atoms with E-state index in [1.807, 2.05) is 39.0 Å². The van der Waals surface area contributed by atoms with Crippen molar-refractivity contribution in [2.45, 2.75) is 44.7 Å². The Morgan fingerprint density at radius 2 is 1.97 bits per heavy atom. The number of ether oxygens (including phenoxy) is 1. The Morgan fingerprint density at radius 3 is 2.61 bits per heavy atom. The van der Waals surface area contributed by atoms with Gasteiger partial charge in [-0.25, -0.2) is 13.4 Å². The van der Waals surface area contributed by atoms with Crippen LogP contribution in [0.5, 0.6) is 0 Å². The van der Waals surface area contributed by atoms with E-state index in [1.54, 1.807) is 30.6 Å². The van der Waals surface area contributed by atoms with Crippen LogP contribution < -0.4 is 0 Å². The topological polar surface area (TPSA) is 77.3 Å². The molecule has 0 radical (unpaired) electrons. The molecule has 2 aromatic heterocycles. The fourth-order valence-corrected chi connectivity index (χ4v) is 5.36. The summed E-state index contributed by atoms with van der Waals surface area (Å²) in [5, 5.41) is 0. The molecular formula is C23H30N4O3S. The molecule has 8 heteroatoms. The first kappa shape index (κ1) is 23.1. The van der Waals surface area contributed by atoms with E-state index in [2.05, 4.69) is 21.1 Å². The van der Waals surface area contributed by atoms with Crippen LogP contribution >= 0.6 is 0 Å². The van der Waals surface area contributed by atoms with Gasteiger partial charge in [-0.1, -0.05) is 25.1 Å². The van der Waals surface area contributed by atoms with Crippen LogP contribution in [-0.2, 0) is 21.3 Å². The highest BCUT2D eigenvalue weighted by Crippen LogP contribution is 2.22. The lowest BCUT2D eigenvalue weighted by atomic mass is 10.2. The third kappa shape index (κ3) is 5.03. The van der Waals surface area contributed by atoms with Crippen LogP contribution in [0.4, 0.5) is 0 Å². The maximum atomic E-state index is 13.3. The lowest BCUT2D eigenvalue weighted by Crippen LogP contribution is -2.42. The van der Waals surface area contributed by atoms with E-state index in [9.17, 15) is 8.42 Å². The number of sulfonamides is 1. The summed E-state index contributed by atoms with van der Waals surface area (Å²) in [7, 11) is -3.65. The van der Waals surface area contributed by atoms with Crippen LogP contribution in [-0.4, -0.2) is 53.1 Å². The number of nitrogens with zero attached hydrogens (tertiary/aromatic N) is 4. The molecule has 166 valence electrons. The second kappa shape index (κ2) is 10.2. The van der Waals surface area contributed by atoms with Gasteiger partial charge < -0.3 is 9.30 Å². The predicted octanol–water partition coefficient (Wildman–Crippen LogP) is 3.78. The van der Waals surface area contributed by atoms with E-state index in [4.69, 9.17) is 4.74 Å². The summed E-state index contributed by atoms with van der Waals surface area (Å²) >= 11 is 0. The molecule has 0 spiro atoms. The molecule has 3 aromatic rings. The lowest BCUT2D eigenvalue weighted by Gasteiger charge is -2.29. The smallest absolute Gasteiger partial charge is 0.243 e. The van der Waals surface area contributed by atoms with Crippen molar-refractivity contribution < 1.29 is 13.2 Å². The molecule has 0 amide bonds. The minimum Gasteiger partial charge on any atom is -0.380 e. The highest BCUT2D eigenvalue weighted by atomic mass is 32.2. The molecule has 0 aliphatic rings. The minimum atomic E-state index is -3.65. The number of imidazole rings is 1. The SMILES string of the molecule is C=CCC(COCC)N(CC)S(=O)(=O)c1ccc(Cn2c(C)nc3cnccc32)cc1. The quantitative estimate of drug-likeness (QED) is 0.422. The van der Waals surface area contributed by atoms with Crippen LogP contribution in [0.15, 0.2) is 60.3 Å². The number of aryl methyl sites for hydroxylation is 1. The molecule has 0 aliphatic heterocycles. The van der Waals surface area contributed by atoms with E-state index in [-0.39, 0.29) is 10.9 Å². The van der Waals surface area contributed by atoms with Crippen LogP contribution in [0.25, 0.3) is 11.0 Å². The molecular weight excluding hydrogens is 412 g/mol. The Kier molecular flexibility index (Phi) is 7.59. The molecule has 0 saturated carbocycles. The van der Waals surface area contributed by atoms with Crippen LogP contribution in [0, 0.1) is 6.92 Å². The number of pyridine rings is 1. The first-order valence-corrected chi connectivity index (χ1v) is 11.9. The number of benzene rings is 1. The van der Waals surface area contributed by atoms with Crippen molar-refractivity contribution in [1.82, 2.24) is 18.8 Å². The van der Waals surface area contributed by atoms with Gasteiger partial charge in [-0.15, -0.1) is 6.58 Å². The molecule has 31 heavy (non-hydrogen) atoms. The molecule has 0 aliphatic carbocycles. The molecule has 0 fully saturated rings. The zero-order chi connectivity index (χ0) is 22.4. The number of hydrogen-bond donors (Lipinski definition) is 0. The van der Waals surface area contributed by atoms with Gasteiger partial charge >= 0.3 is 0 Å². The fraction of sp³-hybridized carbons (Fsp3) is 0.391. The van der Waals surface area contributed by atoms with E-state index >= 15 is 0 Å². The van der Waals surface area contributed by atoms with E-state index in [0.717, 1.165) is 22.4 Å². The summed E-state index contributed by atoms with van der Waals surface area (Å²) < 4.78 is 35.7. The second-order valence-electron chi connectivity index (χ2n) is 7.30. The fourth-order valence-electron chi connectivity index (χ4n) is 3.73. The predicted molar refractivity (Wildman–Crippen MR) is 122 cm³/mol. The number of rotatable bonds is 11. The largest absolute Gasteiger partial charge is 0.380 e. The number of fused-ring (bicyclic) bond motifs is 1. The highest BCUT2D eigenvalue weighted by molar-refractivity contribution is 7.89. The molecule has 3 rings (SSSR count). The number of likely N-dealkylation sites (N-methyl/N-ethyl adjacent to an activating group) is 1. The summed E-state index contributed by atoms with van der Waals surface area (Å²) in [6.07, 6.45) is 5.76. The van der Waals surface area contributed by atoms with Crippen molar-refractivity contribution >= 4 is 21.1 Å². The molecule has 0 N–H and O–H groups in total. The van der Waals surface area contributed by atoms with Gasteiger partial charge in [0.05, 0.1) is 29.3 Å². The van der Waals surface area contributed by atoms with E-state index < -0.39 is 10.0 Å². The third-order valence-corrected chi connectivity index (χ3v) is 7.33. The maximum Gasteiger partial charge on any atom is 0.243 e.